The summed E-state index contributed by atoms with van der Waals surface area (Å²) >= 11 is 7.67. The first-order chi connectivity index (χ1) is 5.86. The van der Waals surface area contributed by atoms with Gasteiger partial charge >= 0.3 is 0 Å². The van der Waals surface area contributed by atoms with E-state index in [-0.39, 0.29) is 0 Å². The van der Waals surface area contributed by atoms with Gasteiger partial charge in [-0.15, -0.1) is 11.8 Å². The second-order valence-electron chi connectivity index (χ2n) is 2.78. The lowest BCUT2D eigenvalue weighted by atomic mass is 10.1. The van der Waals surface area contributed by atoms with Crippen molar-refractivity contribution in [2.75, 3.05) is 0 Å². The third kappa shape index (κ3) is 1.67. The lowest BCUT2D eigenvalue weighted by molar-refractivity contribution is 0.991. The number of thioether (sulfide) groups is 1. The lowest BCUT2D eigenvalue weighted by Gasteiger charge is -2.07. The van der Waals surface area contributed by atoms with E-state index in [4.69, 9.17) is 11.6 Å². The zero-order valence-electron chi connectivity index (χ0n) is 6.53. The Kier molecular flexibility index (Phi) is 2.43. The van der Waals surface area contributed by atoms with Crippen LogP contribution < -0.4 is 0 Å². The molecule has 0 amide bonds. The van der Waals surface area contributed by atoms with Crippen molar-refractivity contribution in [3.05, 3.63) is 46.3 Å². The molecule has 0 aromatic heterocycles. The van der Waals surface area contributed by atoms with Crippen LogP contribution in [0.2, 0.25) is 5.02 Å². The number of allylic oxidation sites excluding steroid dienone is 1. The Hall–Kier alpha value is -0.400. The molecule has 0 bridgehead atoms. The van der Waals surface area contributed by atoms with E-state index in [2.05, 4.69) is 23.6 Å². The largest absolute Gasteiger partial charge is 0.126 e. The summed E-state index contributed by atoms with van der Waals surface area (Å²) in [6.07, 6.45) is 3.36. The van der Waals surface area contributed by atoms with Gasteiger partial charge in [-0.1, -0.05) is 29.8 Å². The fourth-order valence-electron chi connectivity index (χ4n) is 1.28. The highest BCUT2D eigenvalue weighted by molar-refractivity contribution is 8.02. The van der Waals surface area contributed by atoms with Gasteiger partial charge in [0, 0.05) is 10.3 Å². The molecule has 62 valence electrons. The van der Waals surface area contributed by atoms with Crippen molar-refractivity contribution in [1.82, 2.24) is 0 Å². The van der Waals surface area contributed by atoms with Gasteiger partial charge in [0.25, 0.3) is 0 Å². The van der Waals surface area contributed by atoms with Crippen LogP contribution in [-0.4, -0.2) is 0 Å². The minimum absolute atomic E-state index is 0.613. The maximum absolute atomic E-state index is 5.80. The van der Waals surface area contributed by atoms with E-state index in [0.717, 1.165) is 11.4 Å². The number of benzene rings is 1. The van der Waals surface area contributed by atoms with Crippen molar-refractivity contribution >= 4 is 23.4 Å². The summed E-state index contributed by atoms with van der Waals surface area (Å²) < 4.78 is 0. The molecule has 0 fully saturated rings. The van der Waals surface area contributed by atoms with Crippen molar-refractivity contribution in [3.63, 3.8) is 0 Å². The smallest absolute Gasteiger partial charge is 0.0406 e. The van der Waals surface area contributed by atoms with Crippen molar-refractivity contribution in [2.24, 2.45) is 0 Å². The minimum atomic E-state index is 0.613. The molecular weight excluding hydrogens is 188 g/mol. The molecule has 12 heavy (non-hydrogen) atoms. The zero-order valence-corrected chi connectivity index (χ0v) is 8.11. The summed E-state index contributed by atoms with van der Waals surface area (Å²) in [4.78, 5) is 0. The quantitative estimate of drug-likeness (QED) is 0.654. The third-order valence-corrected chi connectivity index (χ3v) is 3.33. The van der Waals surface area contributed by atoms with E-state index < -0.39 is 0 Å². The van der Waals surface area contributed by atoms with Crippen LogP contribution in [0.5, 0.6) is 0 Å². The Balaban J connectivity index is 2.18. The molecule has 0 spiro atoms. The topological polar surface area (TPSA) is 0 Å². The molecule has 0 radical (unpaired) electrons. The van der Waals surface area contributed by atoms with E-state index in [1.54, 1.807) is 0 Å². The predicted octanol–water partition coefficient (Wildman–Crippen LogP) is 4.03. The van der Waals surface area contributed by atoms with Gasteiger partial charge in [0.05, 0.1) is 0 Å². The fourth-order valence-corrected chi connectivity index (χ4v) is 2.35. The lowest BCUT2D eigenvalue weighted by Crippen LogP contribution is -1.86. The van der Waals surface area contributed by atoms with Gasteiger partial charge in [-0.2, -0.15) is 0 Å². The van der Waals surface area contributed by atoms with Crippen LogP contribution in [0.25, 0.3) is 0 Å². The molecule has 0 saturated heterocycles. The molecule has 1 heterocycles. The SMILES string of the molecule is Clc1ccc(C2CC=CS2)cc1. The van der Waals surface area contributed by atoms with Gasteiger partial charge in [0.2, 0.25) is 0 Å². The Morgan fingerprint density at radius 1 is 1.25 bits per heavy atom. The molecule has 0 N–H and O–H groups in total. The molecule has 0 saturated carbocycles. The van der Waals surface area contributed by atoms with Crippen LogP contribution >= 0.6 is 23.4 Å². The predicted molar refractivity (Wildman–Crippen MR) is 55.5 cm³/mol. The standard InChI is InChI=1S/C10H9ClS/c11-9-5-3-8(4-6-9)10-2-1-7-12-10/h1,3-7,10H,2H2. The van der Waals surface area contributed by atoms with Gasteiger partial charge < -0.3 is 0 Å². The van der Waals surface area contributed by atoms with E-state index >= 15 is 0 Å². The maximum atomic E-state index is 5.80. The van der Waals surface area contributed by atoms with Crippen molar-refractivity contribution in [1.29, 1.82) is 0 Å². The monoisotopic (exact) mass is 196 g/mol. The van der Waals surface area contributed by atoms with E-state index in [9.17, 15) is 0 Å². The minimum Gasteiger partial charge on any atom is -0.126 e. The van der Waals surface area contributed by atoms with Crippen LogP contribution in [0.4, 0.5) is 0 Å². The Labute approximate surface area is 81.6 Å². The van der Waals surface area contributed by atoms with Gasteiger partial charge in [-0.3, -0.25) is 0 Å². The highest BCUT2D eigenvalue weighted by atomic mass is 35.5. The molecule has 1 aliphatic heterocycles. The fraction of sp³-hybridized carbons (Fsp3) is 0.200. The van der Waals surface area contributed by atoms with Crippen LogP contribution in [0.15, 0.2) is 35.7 Å². The van der Waals surface area contributed by atoms with E-state index in [0.29, 0.717) is 5.25 Å². The summed E-state index contributed by atoms with van der Waals surface area (Å²) in [6, 6.07) is 8.12. The Morgan fingerprint density at radius 3 is 2.58 bits per heavy atom. The van der Waals surface area contributed by atoms with Crippen molar-refractivity contribution in [2.45, 2.75) is 11.7 Å². The summed E-state index contributed by atoms with van der Waals surface area (Å²) in [7, 11) is 0. The summed E-state index contributed by atoms with van der Waals surface area (Å²) in [5.74, 6) is 0. The maximum Gasteiger partial charge on any atom is 0.0406 e. The first kappa shape index (κ1) is 8.21. The van der Waals surface area contributed by atoms with Gasteiger partial charge in [0.15, 0.2) is 0 Å². The van der Waals surface area contributed by atoms with E-state index in [1.165, 1.54) is 5.56 Å². The zero-order chi connectivity index (χ0) is 8.39. The van der Waals surface area contributed by atoms with E-state index in [1.807, 2.05) is 23.9 Å². The first-order valence-corrected chi connectivity index (χ1v) is 5.24. The molecule has 1 aliphatic rings. The number of hydrogen-bond donors (Lipinski definition) is 0. The average Bonchev–Trinajstić information content (AvgIpc) is 2.58. The number of halogens is 1. The average molecular weight is 197 g/mol. The normalized spacial score (nSPS) is 21.6. The number of hydrogen-bond acceptors (Lipinski definition) is 1. The molecule has 0 nitrogen and oxygen atoms in total. The summed E-state index contributed by atoms with van der Waals surface area (Å²) in [5, 5.41) is 3.59. The second-order valence-corrected chi connectivity index (χ2v) is 4.33. The van der Waals surface area contributed by atoms with Crippen LogP contribution in [0, 0.1) is 0 Å². The van der Waals surface area contributed by atoms with Crippen molar-refractivity contribution in [3.8, 4) is 0 Å². The Morgan fingerprint density at radius 2 is 2.00 bits per heavy atom. The highest BCUT2D eigenvalue weighted by Gasteiger charge is 2.12. The molecule has 1 aromatic carbocycles. The molecule has 0 aliphatic carbocycles. The molecule has 1 unspecified atom stereocenters. The molecule has 1 atom stereocenters. The molecule has 2 rings (SSSR count). The second kappa shape index (κ2) is 3.55. The molecular formula is C10H9ClS. The summed E-state index contributed by atoms with van der Waals surface area (Å²) in [5.41, 5.74) is 1.37. The first-order valence-electron chi connectivity index (χ1n) is 3.92. The van der Waals surface area contributed by atoms with Crippen LogP contribution in [0.1, 0.15) is 17.2 Å². The van der Waals surface area contributed by atoms with Gasteiger partial charge in [-0.05, 0) is 29.5 Å². The molecule has 2 heteroatoms. The van der Waals surface area contributed by atoms with Crippen LogP contribution in [0.3, 0.4) is 0 Å². The Bertz CT molecular complexity index is 281. The summed E-state index contributed by atoms with van der Waals surface area (Å²) in [6.45, 7) is 0. The highest BCUT2D eigenvalue weighted by Crippen LogP contribution is 2.38. The molecule has 1 aromatic rings. The van der Waals surface area contributed by atoms with Crippen LogP contribution in [-0.2, 0) is 0 Å². The van der Waals surface area contributed by atoms with Gasteiger partial charge in [0.1, 0.15) is 0 Å². The van der Waals surface area contributed by atoms with Crippen molar-refractivity contribution < 1.29 is 0 Å². The number of rotatable bonds is 1. The third-order valence-electron chi connectivity index (χ3n) is 1.93. The van der Waals surface area contributed by atoms with Gasteiger partial charge in [-0.25, -0.2) is 0 Å².